The Kier molecular flexibility index (Phi) is 4.66. The number of rotatable bonds is 4. The van der Waals surface area contributed by atoms with Crippen LogP contribution < -0.4 is 5.32 Å². The van der Waals surface area contributed by atoms with E-state index in [1.807, 2.05) is 6.92 Å². The first-order valence-corrected chi connectivity index (χ1v) is 7.58. The van der Waals surface area contributed by atoms with Crippen LogP contribution in [0.1, 0.15) is 42.0 Å². The smallest absolute Gasteiger partial charge is 0.243 e. The molecule has 21 heavy (non-hydrogen) atoms. The van der Waals surface area contributed by atoms with Crippen LogP contribution >= 0.6 is 0 Å². The Labute approximate surface area is 126 Å². The van der Waals surface area contributed by atoms with Gasteiger partial charge < -0.3 is 10.2 Å². The molecule has 4 nitrogen and oxygen atoms in total. The Balaban J connectivity index is 2.03. The highest BCUT2D eigenvalue weighted by atomic mass is 16.2. The molecule has 1 aromatic rings. The van der Waals surface area contributed by atoms with Crippen LogP contribution in [0.15, 0.2) is 12.1 Å². The quantitative estimate of drug-likeness (QED) is 0.923. The number of nitrogens with zero attached hydrogens (tertiary/aromatic N) is 1. The summed E-state index contributed by atoms with van der Waals surface area (Å²) in [5.41, 5.74) is 4.80. The van der Waals surface area contributed by atoms with Crippen molar-refractivity contribution < 1.29 is 9.59 Å². The van der Waals surface area contributed by atoms with Gasteiger partial charge in [-0.2, -0.15) is 0 Å². The van der Waals surface area contributed by atoms with Gasteiger partial charge in [-0.1, -0.05) is 17.7 Å². The molecule has 0 aliphatic carbocycles. The summed E-state index contributed by atoms with van der Waals surface area (Å²) in [6.45, 7) is 9.25. The first-order valence-electron chi connectivity index (χ1n) is 7.58. The summed E-state index contributed by atoms with van der Waals surface area (Å²) in [7, 11) is 0. The number of hydrogen-bond donors (Lipinski definition) is 1. The molecule has 1 aliphatic heterocycles. The molecular formula is C17H24N2O2. The van der Waals surface area contributed by atoms with Crippen LogP contribution in [0.25, 0.3) is 0 Å². The molecule has 1 heterocycles. The van der Waals surface area contributed by atoms with Gasteiger partial charge in [0.15, 0.2) is 0 Å². The third-order valence-electron chi connectivity index (χ3n) is 4.25. The van der Waals surface area contributed by atoms with E-state index < -0.39 is 0 Å². The summed E-state index contributed by atoms with van der Waals surface area (Å²) in [4.78, 5) is 25.7. The van der Waals surface area contributed by atoms with Crippen LogP contribution in [0, 0.1) is 20.8 Å². The van der Waals surface area contributed by atoms with E-state index in [9.17, 15) is 9.59 Å². The summed E-state index contributed by atoms with van der Waals surface area (Å²) in [6.07, 6.45) is 1.11. The third kappa shape index (κ3) is 3.26. The molecule has 1 aliphatic rings. The topological polar surface area (TPSA) is 49.4 Å². The van der Waals surface area contributed by atoms with Crippen molar-refractivity contribution >= 4 is 11.8 Å². The summed E-state index contributed by atoms with van der Waals surface area (Å²) in [5, 5.41) is 2.99. The molecule has 1 unspecified atom stereocenters. The van der Waals surface area contributed by atoms with Gasteiger partial charge in [-0.25, -0.2) is 0 Å². The Morgan fingerprint density at radius 2 is 1.90 bits per heavy atom. The van der Waals surface area contributed by atoms with Crippen molar-refractivity contribution in [3.8, 4) is 0 Å². The fraction of sp³-hybridized carbons (Fsp3) is 0.529. The van der Waals surface area contributed by atoms with Crippen molar-refractivity contribution in [1.82, 2.24) is 10.2 Å². The van der Waals surface area contributed by atoms with E-state index in [0.29, 0.717) is 25.9 Å². The Morgan fingerprint density at radius 1 is 1.29 bits per heavy atom. The van der Waals surface area contributed by atoms with E-state index >= 15 is 0 Å². The van der Waals surface area contributed by atoms with Gasteiger partial charge in [-0.15, -0.1) is 0 Å². The van der Waals surface area contributed by atoms with Crippen LogP contribution in [-0.4, -0.2) is 29.3 Å². The molecule has 2 rings (SSSR count). The maximum absolute atomic E-state index is 12.3. The van der Waals surface area contributed by atoms with Gasteiger partial charge in [0.1, 0.15) is 6.04 Å². The molecule has 0 bridgehead atoms. The monoisotopic (exact) mass is 288 g/mol. The van der Waals surface area contributed by atoms with E-state index in [-0.39, 0.29) is 17.9 Å². The molecule has 0 aromatic heterocycles. The first kappa shape index (κ1) is 15.5. The van der Waals surface area contributed by atoms with Crippen LogP contribution in [0.4, 0.5) is 0 Å². The maximum atomic E-state index is 12.3. The molecule has 114 valence electrons. The van der Waals surface area contributed by atoms with Crippen molar-refractivity contribution in [2.45, 2.75) is 53.1 Å². The Bertz CT molecular complexity index is 543. The summed E-state index contributed by atoms with van der Waals surface area (Å²) in [6, 6.07) is 3.96. The molecule has 1 N–H and O–H groups in total. The number of amides is 2. The van der Waals surface area contributed by atoms with Crippen molar-refractivity contribution in [2.24, 2.45) is 0 Å². The predicted molar refractivity (Wildman–Crippen MR) is 82.9 cm³/mol. The fourth-order valence-electron chi connectivity index (χ4n) is 3.18. The predicted octanol–water partition coefficient (Wildman–Crippen LogP) is 2.24. The van der Waals surface area contributed by atoms with Crippen molar-refractivity contribution in [3.05, 3.63) is 34.4 Å². The second-order valence-electron chi connectivity index (χ2n) is 5.83. The van der Waals surface area contributed by atoms with Gasteiger partial charge in [0.2, 0.25) is 11.8 Å². The zero-order valence-corrected chi connectivity index (χ0v) is 13.3. The highest BCUT2D eigenvalue weighted by Crippen LogP contribution is 2.19. The number of hydrogen-bond acceptors (Lipinski definition) is 2. The number of benzene rings is 1. The van der Waals surface area contributed by atoms with E-state index in [0.717, 1.165) is 0 Å². The minimum atomic E-state index is -0.298. The third-order valence-corrected chi connectivity index (χ3v) is 4.25. The Hall–Kier alpha value is -1.84. The van der Waals surface area contributed by atoms with Gasteiger partial charge in [0, 0.05) is 19.5 Å². The lowest BCUT2D eigenvalue weighted by molar-refractivity contribution is -0.135. The lowest BCUT2D eigenvalue weighted by Crippen LogP contribution is -2.44. The van der Waals surface area contributed by atoms with Gasteiger partial charge in [-0.3, -0.25) is 9.59 Å². The number of likely N-dealkylation sites (tertiary alicyclic amines) is 1. The highest BCUT2D eigenvalue weighted by Gasteiger charge is 2.34. The van der Waals surface area contributed by atoms with E-state index in [1.165, 1.54) is 22.3 Å². The number of nitrogens with one attached hydrogen (secondary N) is 1. The van der Waals surface area contributed by atoms with E-state index in [4.69, 9.17) is 0 Å². The molecule has 1 saturated heterocycles. The lowest BCUT2D eigenvalue weighted by atomic mass is 10.00. The maximum Gasteiger partial charge on any atom is 0.243 e. The van der Waals surface area contributed by atoms with Crippen LogP contribution in [-0.2, 0) is 16.1 Å². The molecular weight excluding hydrogens is 264 g/mol. The molecule has 1 atom stereocenters. The second-order valence-corrected chi connectivity index (χ2v) is 5.83. The molecule has 0 radical (unpaired) electrons. The second kappa shape index (κ2) is 6.29. The number of carbonyl (C=O) groups is 2. The van der Waals surface area contributed by atoms with Gasteiger partial charge in [-0.05, 0) is 50.8 Å². The van der Waals surface area contributed by atoms with Crippen LogP contribution in [0.5, 0.6) is 0 Å². The number of carbonyl (C=O) groups excluding carboxylic acids is 2. The SMILES string of the molecule is CCN1C(=O)CCC1C(=O)NCc1c(C)cc(C)cc1C. The van der Waals surface area contributed by atoms with Gasteiger partial charge >= 0.3 is 0 Å². The largest absolute Gasteiger partial charge is 0.350 e. The van der Waals surface area contributed by atoms with E-state index in [1.54, 1.807) is 4.90 Å². The molecule has 1 fully saturated rings. The first-order chi connectivity index (χ1) is 9.93. The average molecular weight is 288 g/mol. The average Bonchev–Trinajstić information content (AvgIpc) is 2.78. The standard InChI is InChI=1S/C17H24N2O2/c1-5-19-15(6-7-16(19)20)17(21)18-10-14-12(3)8-11(2)9-13(14)4/h8-9,15H,5-7,10H2,1-4H3,(H,18,21). The highest BCUT2D eigenvalue weighted by molar-refractivity contribution is 5.90. The minimum Gasteiger partial charge on any atom is -0.350 e. The lowest BCUT2D eigenvalue weighted by Gasteiger charge is -2.22. The zero-order chi connectivity index (χ0) is 15.6. The molecule has 1 aromatic carbocycles. The Morgan fingerprint density at radius 3 is 2.48 bits per heavy atom. The summed E-state index contributed by atoms with van der Waals surface area (Å²) in [5.74, 6) is 0.0439. The minimum absolute atomic E-state index is 0.0397. The molecule has 0 spiro atoms. The normalized spacial score (nSPS) is 18.2. The summed E-state index contributed by atoms with van der Waals surface area (Å²) >= 11 is 0. The molecule has 0 saturated carbocycles. The van der Waals surface area contributed by atoms with Gasteiger partial charge in [0.25, 0.3) is 0 Å². The molecule has 2 amide bonds. The fourth-order valence-corrected chi connectivity index (χ4v) is 3.18. The number of aryl methyl sites for hydroxylation is 3. The molecule has 4 heteroatoms. The van der Waals surface area contributed by atoms with Crippen molar-refractivity contribution in [3.63, 3.8) is 0 Å². The van der Waals surface area contributed by atoms with Crippen LogP contribution in [0.2, 0.25) is 0 Å². The van der Waals surface area contributed by atoms with Crippen molar-refractivity contribution in [2.75, 3.05) is 6.54 Å². The van der Waals surface area contributed by atoms with E-state index in [2.05, 4.69) is 38.2 Å². The van der Waals surface area contributed by atoms with Crippen LogP contribution in [0.3, 0.4) is 0 Å². The zero-order valence-electron chi connectivity index (χ0n) is 13.3. The van der Waals surface area contributed by atoms with Gasteiger partial charge in [0.05, 0.1) is 0 Å². The van der Waals surface area contributed by atoms with Crippen molar-refractivity contribution in [1.29, 1.82) is 0 Å². The number of likely N-dealkylation sites (N-methyl/N-ethyl adjacent to an activating group) is 1. The summed E-state index contributed by atoms with van der Waals surface area (Å²) < 4.78 is 0.